The van der Waals surface area contributed by atoms with Crippen molar-refractivity contribution < 1.29 is 4.79 Å². The summed E-state index contributed by atoms with van der Waals surface area (Å²) in [6.07, 6.45) is 2.16. The van der Waals surface area contributed by atoms with Crippen molar-refractivity contribution in [3.05, 3.63) is 64.7 Å². The van der Waals surface area contributed by atoms with E-state index in [1.807, 2.05) is 24.3 Å². The average molecular weight is 286 g/mol. The Balaban J connectivity index is 1.92. The predicted molar refractivity (Wildman–Crippen MR) is 82.4 cm³/mol. The summed E-state index contributed by atoms with van der Waals surface area (Å²) >= 11 is 6.25. The molecule has 1 saturated carbocycles. The molecular weight excluding hydrogens is 270 g/mol. The van der Waals surface area contributed by atoms with E-state index in [1.165, 1.54) is 5.56 Å². The lowest BCUT2D eigenvalue weighted by molar-refractivity contribution is 0.101. The first kappa shape index (κ1) is 13.2. The average Bonchev–Trinajstić information content (AvgIpc) is 3.23. The fourth-order valence-electron chi connectivity index (χ4n) is 2.47. The molecule has 0 unspecified atom stereocenters. The number of carbonyl (C=O) groups excluding carboxylic acids is 1. The van der Waals surface area contributed by atoms with Gasteiger partial charge in [0, 0.05) is 5.56 Å². The third-order valence-corrected chi connectivity index (χ3v) is 4.15. The second-order valence-electron chi connectivity index (χ2n) is 5.32. The van der Waals surface area contributed by atoms with Crippen molar-refractivity contribution in [1.29, 1.82) is 0 Å². The summed E-state index contributed by atoms with van der Waals surface area (Å²) in [6, 6.07) is 15.7. The smallest absolute Gasteiger partial charge is 0.159 e. The van der Waals surface area contributed by atoms with Gasteiger partial charge in [0.1, 0.15) is 0 Å². The Kier molecular flexibility index (Phi) is 3.27. The fourth-order valence-corrected chi connectivity index (χ4v) is 2.63. The maximum absolute atomic E-state index is 11.5. The summed E-state index contributed by atoms with van der Waals surface area (Å²) in [5.74, 6) is 0.0503. The number of rotatable bonds is 4. The highest BCUT2D eigenvalue weighted by atomic mass is 35.5. The zero-order valence-electron chi connectivity index (χ0n) is 11.3. The summed E-state index contributed by atoms with van der Waals surface area (Å²) < 4.78 is 0. The molecule has 3 rings (SSSR count). The van der Waals surface area contributed by atoms with E-state index in [2.05, 4.69) is 17.4 Å². The highest BCUT2D eigenvalue weighted by molar-refractivity contribution is 6.33. The lowest BCUT2D eigenvalue weighted by atomic mass is 10.0. The van der Waals surface area contributed by atoms with E-state index in [9.17, 15) is 4.79 Å². The largest absolute Gasteiger partial charge is 0.374 e. The van der Waals surface area contributed by atoms with Crippen LogP contribution in [-0.4, -0.2) is 5.78 Å². The molecule has 20 heavy (non-hydrogen) atoms. The molecule has 3 heteroatoms. The Bertz CT molecular complexity index is 647. The topological polar surface area (TPSA) is 29.1 Å². The SMILES string of the molecule is CC(=O)c1ccc(Cl)c(NC2(c3ccccc3)CC2)c1. The minimum atomic E-state index is -0.0275. The highest BCUT2D eigenvalue weighted by Gasteiger charge is 2.44. The molecule has 0 saturated heterocycles. The van der Waals surface area contributed by atoms with Crippen LogP contribution >= 0.6 is 11.6 Å². The lowest BCUT2D eigenvalue weighted by Gasteiger charge is -2.20. The maximum Gasteiger partial charge on any atom is 0.159 e. The number of Topliss-reactive ketones (excluding diaryl/α,β-unsaturated/α-hetero) is 1. The van der Waals surface area contributed by atoms with Crippen molar-refractivity contribution in [2.24, 2.45) is 0 Å². The maximum atomic E-state index is 11.5. The van der Waals surface area contributed by atoms with Gasteiger partial charge in [-0.1, -0.05) is 41.9 Å². The van der Waals surface area contributed by atoms with Gasteiger partial charge in [0.2, 0.25) is 0 Å². The van der Waals surface area contributed by atoms with E-state index >= 15 is 0 Å². The van der Waals surface area contributed by atoms with Crippen molar-refractivity contribution in [3.8, 4) is 0 Å². The second kappa shape index (κ2) is 4.95. The van der Waals surface area contributed by atoms with Crippen LogP contribution in [0.2, 0.25) is 5.02 Å². The first-order chi connectivity index (χ1) is 9.61. The highest BCUT2D eigenvalue weighted by Crippen LogP contribution is 2.49. The van der Waals surface area contributed by atoms with Gasteiger partial charge in [-0.15, -0.1) is 0 Å². The van der Waals surface area contributed by atoms with Crippen LogP contribution in [-0.2, 0) is 5.54 Å². The second-order valence-corrected chi connectivity index (χ2v) is 5.73. The van der Waals surface area contributed by atoms with E-state index in [4.69, 9.17) is 11.6 Å². The Hall–Kier alpha value is -1.80. The molecule has 0 heterocycles. The number of anilines is 1. The van der Waals surface area contributed by atoms with Crippen LogP contribution in [0.25, 0.3) is 0 Å². The molecule has 2 aromatic carbocycles. The van der Waals surface area contributed by atoms with Crippen LogP contribution in [0.1, 0.15) is 35.7 Å². The lowest BCUT2D eigenvalue weighted by Crippen LogP contribution is -2.19. The van der Waals surface area contributed by atoms with Crippen LogP contribution < -0.4 is 5.32 Å². The molecule has 1 aliphatic rings. The monoisotopic (exact) mass is 285 g/mol. The van der Waals surface area contributed by atoms with Gasteiger partial charge in [-0.2, -0.15) is 0 Å². The van der Waals surface area contributed by atoms with Gasteiger partial charge in [-0.25, -0.2) is 0 Å². The summed E-state index contributed by atoms with van der Waals surface area (Å²) in [5, 5.41) is 4.18. The molecular formula is C17H16ClNO. The van der Waals surface area contributed by atoms with Gasteiger partial charge in [-0.3, -0.25) is 4.79 Å². The zero-order valence-corrected chi connectivity index (χ0v) is 12.1. The molecule has 1 aliphatic carbocycles. The molecule has 0 atom stereocenters. The molecule has 0 bridgehead atoms. The number of halogens is 1. The Morgan fingerprint density at radius 2 is 1.85 bits per heavy atom. The zero-order chi connectivity index (χ0) is 14.2. The molecule has 1 fully saturated rings. The molecule has 2 aromatic rings. The molecule has 0 amide bonds. The van der Waals surface area contributed by atoms with Gasteiger partial charge < -0.3 is 5.32 Å². The number of carbonyl (C=O) groups is 1. The summed E-state index contributed by atoms with van der Waals surface area (Å²) in [7, 11) is 0. The number of benzene rings is 2. The number of hydrogen-bond acceptors (Lipinski definition) is 2. The quantitative estimate of drug-likeness (QED) is 0.829. The molecule has 2 nitrogen and oxygen atoms in total. The standard InChI is InChI=1S/C17H16ClNO/c1-12(20)13-7-8-15(18)16(11-13)19-17(9-10-17)14-5-3-2-4-6-14/h2-8,11,19H,9-10H2,1H3. The van der Waals surface area contributed by atoms with Crippen molar-refractivity contribution >= 4 is 23.1 Å². The number of nitrogens with one attached hydrogen (secondary N) is 1. The van der Waals surface area contributed by atoms with Gasteiger partial charge in [-0.05, 0) is 43.5 Å². The predicted octanol–water partition coefficient (Wildman–Crippen LogP) is 4.64. The normalized spacial score (nSPS) is 15.7. The number of ketones is 1. The van der Waals surface area contributed by atoms with Crippen LogP contribution in [0.5, 0.6) is 0 Å². The van der Waals surface area contributed by atoms with Crippen LogP contribution in [0.4, 0.5) is 5.69 Å². The summed E-state index contributed by atoms with van der Waals surface area (Å²) in [4.78, 5) is 11.5. The molecule has 0 aliphatic heterocycles. The molecule has 102 valence electrons. The Labute approximate surface area is 123 Å². The number of hydrogen-bond donors (Lipinski definition) is 1. The van der Waals surface area contributed by atoms with E-state index in [1.54, 1.807) is 19.1 Å². The first-order valence-electron chi connectivity index (χ1n) is 6.75. The van der Waals surface area contributed by atoms with E-state index < -0.39 is 0 Å². The molecule has 0 spiro atoms. The molecule has 1 N–H and O–H groups in total. The third-order valence-electron chi connectivity index (χ3n) is 3.82. The Morgan fingerprint density at radius 3 is 2.45 bits per heavy atom. The summed E-state index contributed by atoms with van der Waals surface area (Å²) in [5.41, 5.74) is 2.76. The summed E-state index contributed by atoms with van der Waals surface area (Å²) in [6.45, 7) is 1.57. The van der Waals surface area contributed by atoms with E-state index in [-0.39, 0.29) is 11.3 Å². The van der Waals surface area contributed by atoms with Crippen LogP contribution in [0, 0.1) is 0 Å². The van der Waals surface area contributed by atoms with Gasteiger partial charge >= 0.3 is 0 Å². The molecule has 0 aromatic heterocycles. The van der Waals surface area contributed by atoms with Crippen LogP contribution in [0.15, 0.2) is 48.5 Å². The van der Waals surface area contributed by atoms with E-state index in [0.717, 1.165) is 18.5 Å². The van der Waals surface area contributed by atoms with Gasteiger partial charge in [0.15, 0.2) is 5.78 Å². The Morgan fingerprint density at radius 1 is 1.15 bits per heavy atom. The van der Waals surface area contributed by atoms with Crippen molar-refractivity contribution in [3.63, 3.8) is 0 Å². The van der Waals surface area contributed by atoms with E-state index in [0.29, 0.717) is 10.6 Å². The van der Waals surface area contributed by atoms with Gasteiger partial charge in [0.25, 0.3) is 0 Å². The minimum absolute atomic E-state index is 0.0275. The molecule has 0 radical (unpaired) electrons. The first-order valence-corrected chi connectivity index (χ1v) is 7.13. The van der Waals surface area contributed by atoms with Crippen molar-refractivity contribution in [2.45, 2.75) is 25.3 Å². The third kappa shape index (κ3) is 2.44. The van der Waals surface area contributed by atoms with Crippen molar-refractivity contribution in [1.82, 2.24) is 0 Å². The fraction of sp³-hybridized carbons (Fsp3) is 0.235. The minimum Gasteiger partial charge on any atom is -0.374 e. The van der Waals surface area contributed by atoms with Gasteiger partial charge in [0.05, 0.1) is 16.2 Å². The van der Waals surface area contributed by atoms with Crippen LogP contribution in [0.3, 0.4) is 0 Å². The van der Waals surface area contributed by atoms with Crippen molar-refractivity contribution in [2.75, 3.05) is 5.32 Å².